The lowest BCUT2D eigenvalue weighted by molar-refractivity contribution is 0.0201. The van der Waals surface area contributed by atoms with E-state index in [1.807, 2.05) is 25.7 Å². The summed E-state index contributed by atoms with van der Waals surface area (Å²) in [6, 6.07) is 7.29. The number of amides is 1. The number of piperazine rings is 1. The predicted octanol–water partition coefficient (Wildman–Crippen LogP) is 6.53. The average molecular weight is 685 g/mol. The Bertz CT molecular complexity index is 2250. The van der Waals surface area contributed by atoms with Crippen molar-refractivity contribution >= 4 is 33.6 Å². The number of carbonyl (C=O) groups is 1. The summed E-state index contributed by atoms with van der Waals surface area (Å²) in [5, 5.41) is 1.10. The number of anilines is 1. The zero-order valence-corrected chi connectivity index (χ0v) is 29.0. The summed E-state index contributed by atoms with van der Waals surface area (Å²) in [5.74, 6) is -1.48. The number of halogens is 2. The Hall–Kier alpha value is -5.33. The number of hydrogen-bond acceptors (Lipinski definition) is 9. The van der Waals surface area contributed by atoms with Gasteiger partial charge in [-0.25, -0.2) is 23.4 Å². The SMILES string of the molecule is COc1nccc2ccc(F)c(-c3cc4c5c(nc(=O)n4-c4c(C)ccnc4C(C)C)N4CCN(C(=O)OC(C)(C)C)C[C@@H]4COc5c3F)c12. The number of pyridine rings is 2. The van der Waals surface area contributed by atoms with Crippen LogP contribution in [0.5, 0.6) is 11.6 Å². The largest absolute Gasteiger partial charge is 0.487 e. The molecule has 13 heteroatoms. The molecule has 260 valence electrons. The van der Waals surface area contributed by atoms with Crippen molar-refractivity contribution in [3.63, 3.8) is 0 Å². The molecule has 50 heavy (non-hydrogen) atoms. The minimum Gasteiger partial charge on any atom is -0.487 e. The Labute approximate surface area is 287 Å². The molecule has 0 radical (unpaired) electrons. The third kappa shape index (κ3) is 5.44. The lowest BCUT2D eigenvalue weighted by atomic mass is 9.95. The van der Waals surface area contributed by atoms with Crippen molar-refractivity contribution in [1.82, 2.24) is 24.4 Å². The summed E-state index contributed by atoms with van der Waals surface area (Å²) in [5.41, 5.74) is 0.595. The van der Waals surface area contributed by atoms with Crippen molar-refractivity contribution in [3.8, 4) is 28.4 Å². The van der Waals surface area contributed by atoms with Crippen LogP contribution < -0.4 is 20.1 Å². The van der Waals surface area contributed by atoms with E-state index < -0.39 is 35.1 Å². The highest BCUT2D eigenvalue weighted by molar-refractivity contribution is 6.05. The van der Waals surface area contributed by atoms with Gasteiger partial charge in [0.2, 0.25) is 5.88 Å². The number of methoxy groups -OCH3 is 1. The van der Waals surface area contributed by atoms with Crippen LogP contribution in [-0.4, -0.2) is 75.5 Å². The first kappa shape index (κ1) is 33.2. The molecule has 0 aliphatic carbocycles. The molecule has 1 saturated heterocycles. The first-order valence-corrected chi connectivity index (χ1v) is 16.5. The summed E-state index contributed by atoms with van der Waals surface area (Å²) in [7, 11) is 1.41. The van der Waals surface area contributed by atoms with E-state index in [1.165, 1.54) is 30.0 Å². The van der Waals surface area contributed by atoms with Gasteiger partial charge in [-0.2, -0.15) is 4.98 Å². The van der Waals surface area contributed by atoms with E-state index in [0.29, 0.717) is 16.8 Å². The molecule has 1 atom stereocenters. The first-order chi connectivity index (χ1) is 23.8. The van der Waals surface area contributed by atoms with Crippen LogP contribution in [0.2, 0.25) is 0 Å². The standard InChI is InChI=1S/C37H38F2N6O5/c1-19(2)30-31(20(3)10-12-40-30)45-25-16-23(27-24(38)9-8-21-11-13-41-34(48-7)26(21)27)29(39)32-28(25)33(42-35(45)46)44-15-14-43(17-22(44)18-49-32)36(47)50-37(4,5)6/h8-13,16,19,22H,14-15,17-18H2,1-7H3/t22-/m1/s1. The molecule has 2 aliphatic rings. The molecule has 3 aromatic heterocycles. The quantitative estimate of drug-likeness (QED) is 0.209. The Morgan fingerprint density at radius 3 is 2.54 bits per heavy atom. The summed E-state index contributed by atoms with van der Waals surface area (Å²) in [6.07, 6.45) is 2.72. The van der Waals surface area contributed by atoms with Gasteiger partial charge in [0, 0.05) is 43.2 Å². The third-order valence-corrected chi connectivity index (χ3v) is 9.12. The molecule has 0 N–H and O–H groups in total. The molecule has 2 aliphatic heterocycles. The van der Waals surface area contributed by atoms with Crippen molar-refractivity contribution in [2.24, 2.45) is 0 Å². The molecule has 0 saturated carbocycles. The number of aryl methyl sites for hydroxylation is 1. The summed E-state index contributed by atoms with van der Waals surface area (Å²) in [4.78, 5) is 44.4. The van der Waals surface area contributed by atoms with Crippen molar-refractivity contribution in [1.29, 1.82) is 0 Å². The van der Waals surface area contributed by atoms with Gasteiger partial charge in [-0.3, -0.25) is 9.55 Å². The Balaban J connectivity index is 1.53. The van der Waals surface area contributed by atoms with E-state index in [4.69, 9.17) is 14.2 Å². The number of fused-ring (bicyclic) bond motifs is 3. The maximum atomic E-state index is 17.2. The smallest absolute Gasteiger partial charge is 0.410 e. The molecule has 2 aromatic carbocycles. The number of ether oxygens (including phenoxy) is 3. The highest BCUT2D eigenvalue weighted by Gasteiger charge is 2.39. The van der Waals surface area contributed by atoms with Crippen molar-refractivity contribution < 1.29 is 27.8 Å². The fourth-order valence-electron chi connectivity index (χ4n) is 6.92. The molecule has 0 spiro atoms. The van der Waals surface area contributed by atoms with Gasteiger partial charge in [-0.05, 0) is 68.8 Å². The molecule has 5 heterocycles. The molecule has 0 unspecified atom stereocenters. The van der Waals surface area contributed by atoms with Crippen LogP contribution in [0.4, 0.5) is 19.4 Å². The fraction of sp³-hybridized carbons (Fsp3) is 0.378. The van der Waals surface area contributed by atoms with Gasteiger partial charge < -0.3 is 24.0 Å². The minimum atomic E-state index is -0.834. The van der Waals surface area contributed by atoms with Gasteiger partial charge in [-0.15, -0.1) is 0 Å². The monoisotopic (exact) mass is 684 g/mol. The summed E-state index contributed by atoms with van der Waals surface area (Å²) >= 11 is 0. The van der Waals surface area contributed by atoms with Crippen LogP contribution in [0.1, 0.15) is 51.8 Å². The molecule has 5 aromatic rings. The minimum absolute atomic E-state index is 0.0502. The number of rotatable bonds is 4. The Morgan fingerprint density at radius 2 is 1.82 bits per heavy atom. The molecule has 0 bridgehead atoms. The van der Waals surface area contributed by atoms with Crippen LogP contribution in [-0.2, 0) is 4.74 Å². The van der Waals surface area contributed by atoms with Crippen molar-refractivity contribution in [3.05, 3.63) is 76.1 Å². The predicted molar refractivity (Wildman–Crippen MR) is 186 cm³/mol. The molecular formula is C37H38F2N6O5. The normalized spacial score (nSPS) is 16.0. The van der Waals surface area contributed by atoms with E-state index in [-0.39, 0.29) is 77.0 Å². The fourth-order valence-corrected chi connectivity index (χ4v) is 6.92. The third-order valence-electron chi connectivity index (χ3n) is 9.12. The number of aromatic nitrogens is 4. The summed E-state index contributed by atoms with van der Waals surface area (Å²) < 4.78 is 52.2. The van der Waals surface area contributed by atoms with Crippen LogP contribution in [0.25, 0.3) is 38.5 Å². The van der Waals surface area contributed by atoms with Crippen LogP contribution in [0, 0.1) is 18.6 Å². The van der Waals surface area contributed by atoms with Crippen molar-refractivity contribution in [2.75, 3.05) is 38.3 Å². The lowest BCUT2D eigenvalue weighted by Crippen LogP contribution is -2.57. The van der Waals surface area contributed by atoms with Gasteiger partial charge in [0.25, 0.3) is 0 Å². The first-order valence-electron chi connectivity index (χ1n) is 16.5. The highest BCUT2D eigenvalue weighted by Crippen LogP contribution is 2.46. The number of nitrogens with zero attached hydrogens (tertiary/aromatic N) is 6. The van der Waals surface area contributed by atoms with Crippen molar-refractivity contribution in [2.45, 2.75) is 59.1 Å². The molecular weight excluding hydrogens is 646 g/mol. The van der Waals surface area contributed by atoms with Gasteiger partial charge in [0.1, 0.15) is 23.8 Å². The Morgan fingerprint density at radius 1 is 1.06 bits per heavy atom. The van der Waals surface area contributed by atoms with Gasteiger partial charge in [0.05, 0.1) is 40.8 Å². The van der Waals surface area contributed by atoms with Gasteiger partial charge in [-0.1, -0.05) is 19.9 Å². The van der Waals surface area contributed by atoms with Gasteiger partial charge >= 0.3 is 11.8 Å². The number of carbonyl (C=O) groups excluding carboxylic acids is 1. The number of benzene rings is 2. The second-order valence-electron chi connectivity index (χ2n) is 14.0. The van der Waals surface area contributed by atoms with Crippen LogP contribution in [0.15, 0.2) is 47.5 Å². The zero-order chi connectivity index (χ0) is 35.6. The molecule has 11 nitrogen and oxygen atoms in total. The molecule has 1 fully saturated rings. The number of hydrogen-bond donors (Lipinski definition) is 0. The van der Waals surface area contributed by atoms with E-state index in [0.717, 1.165) is 5.56 Å². The van der Waals surface area contributed by atoms with Crippen LogP contribution >= 0.6 is 0 Å². The topological polar surface area (TPSA) is 112 Å². The highest BCUT2D eigenvalue weighted by atomic mass is 19.1. The van der Waals surface area contributed by atoms with Gasteiger partial charge in [0.15, 0.2) is 11.6 Å². The average Bonchev–Trinajstić information content (AvgIpc) is 3.22. The second-order valence-corrected chi connectivity index (χ2v) is 14.0. The molecule has 1 amide bonds. The van der Waals surface area contributed by atoms with E-state index in [1.54, 1.807) is 50.1 Å². The maximum absolute atomic E-state index is 17.2. The lowest BCUT2D eigenvalue weighted by Gasteiger charge is -2.41. The molecule has 7 rings (SSSR count). The Kier molecular flexibility index (Phi) is 8.11. The summed E-state index contributed by atoms with van der Waals surface area (Å²) in [6.45, 7) is 11.9. The van der Waals surface area contributed by atoms with Crippen LogP contribution in [0.3, 0.4) is 0 Å². The van der Waals surface area contributed by atoms with E-state index in [9.17, 15) is 9.59 Å². The maximum Gasteiger partial charge on any atom is 0.410 e. The zero-order valence-electron chi connectivity index (χ0n) is 29.0. The van der Waals surface area contributed by atoms with E-state index in [2.05, 4.69) is 15.0 Å². The van der Waals surface area contributed by atoms with E-state index >= 15 is 8.78 Å². The second kappa shape index (κ2) is 12.2.